The molecule has 1 fully saturated rings. The van der Waals surface area contributed by atoms with Crippen molar-refractivity contribution in [1.29, 1.82) is 0 Å². The first-order chi connectivity index (χ1) is 6.79. The molecular formula is C9H12N4O. The van der Waals surface area contributed by atoms with E-state index >= 15 is 0 Å². The molecule has 5 heteroatoms. The standard InChI is InChI=1S/C9H12N4O/c1-10-8-5-11-7(4-12-8)9(14)13-6-2-3-6/h4-6H,2-3H2,1H3,(H,10,12)(H,13,14). The average Bonchev–Trinajstić information content (AvgIpc) is 3.02. The van der Waals surface area contributed by atoms with Gasteiger partial charge in [0.15, 0.2) is 0 Å². The van der Waals surface area contributed by atoms with Crippen molar-refractivity contribution >= 4 is 11.7 Å². The third kappa shape index (κ3) is 1.99. The zero-order valence-corrected chi connectivity index (χ0v) is 7.95. The Hall–Kier alpha value is -1.65. The van der Waals surface area contributed by atoms with E-state index in [9.17, 15) is 4.79 Å². The molecule has 0 radical (unpaired) electrons. The Bertz CT molecular complexity index is 331. The van der Waals surface area contributed by atoms with E-state index in [0.717, 1.165) is 12.8 Å². The van der Waals surface area contributed by atoms with Crippen LogP contribution >= 0.6 is 0 Å². The lowest BCUT2D eigenvalue weighted by Gasteiger charge is -2.02. The summed E-state index contributed by atoms with van der Waals surface area (Å²) in [6.07, 6.45) is 5.17. The van der Waals surface area contributed by atoms with E-state index in [-0.39, 0.29) is 5.91 Å². The van der Waals surface area contributed by atoms with Crippen LogP contribution in [0.5, 0.6) is 0 Å². The Morgan fingerprint density at radius 3 is 2.71 bits per heavy atom. The van der Waals surface area contributed by atoms with Crippen molar-refractivity contribution in [2.45, 2.75) is 18.9 Å². The van der Waals surface area contributed by atoms with Crippen molar-refractivity contribution in [2.24, 2.45) is 0 Å². The fraction of sp³-hybridized carbons (Fsp3) is 0.444. The van der Waals surface area contributed by atoms with Gasteiger partial charge in [-0.15, -0.1) is 0 Å². The van der Waals surface area contributed by atoms with E-state index in [1.165, 1.54) is 6.20 Å². The van der Waals surface area contributed by atoms with Crippen LogP contribution in [0.4, 0.5) is 5.82 Å². The quantitative estimate of drug-likeness (QED) is 0.728. The second-order valence-electron chi connectivity index (χ2n) is 3.28. The number of rotatable bonds is 3. The van der Waals surface area contributed by atoms with Crippen LogP contribution in [-0.2, 0) is 0 Å². The predicted octanol–water partition coefficient (Wildman–Crippen LogP) is 0.410. The minimum atomic E-state index is -0.136. The normalized spacial score (nSPS) is 14.9. The monoisotopic (exact) mass is 192 g/mol. The topological polar surface area (TPSA) is 66.9 Å². The van der Waals surface area contributed by atoms with E-state index in [2.05, 4.69) is 20.6 Å². The zero-order chi connectivity index (χ0) is 9.97. The molecule has 2 rings (SSSR count). The van der Waals surface area contributed by atoms with Crippen LogP contribution < -0.4 is 10.6 Å². The maximum atomic E-state index is 11.5. The Kier molecular flexibility index (Phi) is 2.30. The SMILES string of the molecule is CNc1cnc(C(=O)NC2CC2)cn1. The molecule has 1 aliphatic carbocycles. The molecule has 0 unspecified atom stereocenters. The Balaban J connectivity index is 2.03. The van der Waals surface area contributed by atoms with Crippen LogP contribution in [-0.4, -0.2) is 29.0 Å². The van der Waals surface area contributed by atoms with E-state index < -0.39 is 0 Å². The number of anilines is 1. The van der Waals surface area contributed by atoms with Crippen LogP contribution in [0.15, 0.2) is 12.4 Å². The van der Waals surface area contributed by atoms with Gasteiger partial charge in [0.1, 0.15) is 11.5 Å². The minimum absolute atomic E-state index is 0.136. The fourth-order valence-electron chi connectivity index (χ4n) is 1.06. The molecule has 1 aromatic heterocycles. The second-order valence-corrected chi connectivity index (χ2v) is 3.28. The Morgan fingerprint density at radius 2 is 2.21 bits per heavy atom. The van der Waals surface area contributed by atoms with Crippen molar-refractivity contribution in [3.63, 3.8) is 0 Å². The van der Waals surface area contributed by atoms with Crippen LogP contribution in [0.25, 0.3) is 0 Å². The van der Waals surface area contributed by atoms with Gasteiger partial charge >= 0.3 is 0 Å². The molecule has 1 amide bonds. The molecule has 2 N–H and O–H groups in total. The van der Waals surface area contributed by atoms with Crippen molar-refractivity contribution in [3.05, 3.63) is 18.1 Å². The largest absolute Gasteiger partial charge is 0.372 e. The third-order valence-corrected chi connectivity index (χ3v) is 2.05. The number of carbonyl (C=O) groups is 1. The van der Waals surface area contributed by atoms with E-state index in [1.807, 2.05) is 0 Å². The van der Waals surface area contributed by atoms with Gasteiger partial charge in [0.25, 0.3) is 5.91 Å². The highest BCUT2D eigenvalue weighted by Crippen LogP contribution is 2.18. The molecule has 0 aliphatic heterocycles. The summed E-state index contributed by atoms with van der Waals surface area (Å²) in [5, 5.41) is 5.69. The van der Waals surface area contributed by atoms with Crippen molar-refractivity contribution in [1.82, 2.24) is 15.3 Å². The summed E-state index contributed by atoms with van der Waals surface area (Å²) in [5.41, 5.74) is 0.371. The van der Waals surface area contributed by atoms with Crippen LogP contribution in [0.2, 0.25) is 0 Å². The highest BCUT2D eigenvalue weighted by molar-refractivity contribution is 5.92. The molecule has 1 heterocycles. The second kappa shape index (κ2) is 3.61. The maximum Gasteiger partial charge on any atom is 0.271 e. The number of hydrogen-bond donors (Lipinski definition) is 2. The predicted molar refractivity (Wildman–Crippen MR) is 52.1 cm³/mol. The van der Waals surface area contributed by atoms with Crippen molar-refractivity contribution in [3.8, 4) is 0 Å². The number of amides is 1. The van der Waals surface area contributed by atoms with Gasteiger partial charge in [-0.2, -0.15) is 0 Å². The summed E-state index contributed by atoms with van der Waals surface area (Å²) in [5.74, 6) is 0.524. The summed E-state index contributed by atoms with van der Waals surface area (Å²) in [7, 11) is 1.76. The number of carbonyl (C=O) groups excluding carboxylic acids is 1. The Morgan fingerprint density at radius 1 is 1.43 bits per heavy atom. The molecule has 14 heavy (non-hydrogen) atoms. The summed E-state index contributed by atoms with van der Waals surface area (Å²) in [4.78, 5) is 19.5. The molecule has 1 aromatic rings. The lowest BCUT2D eigenvalue weighted by molar-refractivity contribution is 0.0945. The molecule has 0 saturated heterocycles. The summed E-state index contributed by atoms with van der Waals surface area (Å²) in [6, 6.07) is 0.355. The summed E-state index contributed by atoms with van der Waals surface area (Å²) >= 11 is 0. The molecule has 0 atom stereocenters. The van der Waals surface area contributed by atoms with Gasteiger partial charge in [-0.1, -0.05) is 0 Å². The van der Waals surface area contributed by atoms with Gasteiger partial charge in [-0.3, -0.25) is 4.79 Å². The number of hydrogen-bond acceptors (Lipinski definition) is 4. The number of nitrogens with zero attached hydrogens (tertiary/aromatic N) is 2. The van der Waals surface area contributed by atoms with E-state index in [1.54, 1.807) is 13.2 Å². The highest BCUT2D eigenvalue weighted by atomic mass is 16.2. The number of aromatic nitrogens is 2. The molecule has 1 aliphatic rings. The van der Waals surface area contributed by atoms with Crippen LogP contribution in [0.1, 0.15) is 23.3 Å². The average molecular weight is 192 g/mol. The maximum absolute atomic E-state index is 11.5. The van der Waals surface area contributed by atoms with Gasteiger partial charge in [0, 0.05) is 13.1 Å². The summed E-state index contributed by atoms with van der Waals surface area (Å²) < 4.78 is 0. The first-order valence-corrected chi connectivity index (χ1v) is 4.60. The van der Waals surface area contributed by atoms with Crippen molar-refractivity contribution in [2.75, 3.05) is 12.4 Å². The first-order valence-electron chi connectivity index (χ1n) is 4.60. The Labute approximate surface area is 82.0 Å². The van der Waals surface area contributed by atoms with E-state index in [0.29, 0.717) is 17.6 Å². The van der Waals surface area contributed by atoms with Crippen LogP contribution in [0.3, 0.4) is 0 Å². The van der Waals surface area contributed by atoms with Crippen LogP contribution in [0, 0.1) is 0 Å². The molecule has 0 bridgehead atoms. The van der Waals surface area contributed by atoms with Crippen molar-refractivity contribution < 1.29 is 4.79 Å². The molecule has 74 valence electrons. The zero-order valence-electron chi connectivity index (χ0n) is 7.95. The lowest BCUT2D eigenvalue weighted by atomic mass is 10.4. The first kappa shape index (κ1) is 8.93. The third-order valence-electron chi connectivity index (χ3n) is 2.05. The van der Waals surface area contributed by atoms with Gasteiger partial charge in [-0.05, 0) is 12.8 Å². The minimum Gasteiger partial charge on any atom is -0.372 e. The summed E-state index contributed by atoms with van der Waals surface area (Å²) in [6.45, 7) is 0. The van der Waals surface area contributed by atoms with Gasteiger partial charge in [-0.25, -0.2) is 9.97 Å². The van der Waals surface area contributed by atoms with Gasteiger partial charge < -0.3 is 10.6 Å². The fourth-order valence-corrected chi connectivity index (χ4v) is 1.06. The molecule has 1 saturated carbocycles. The molecule has 0 spiro atoms. The number of nitrogens with one attached hydrogen (secondary N) is 2. The molecule has 5 nitrogen and oxygen atoms in total. The highest BCUT2D eigenvalue weighted by Gasteiger charge is 2.24. The van der Waals surface area contributed by atoms with E-state index in [4.69, 9.17) is 0 Å². The smallest absolute Gasteiger partial charge is 0.271 e. The molecule has 0 aromatic carbocycles. The van der Waals surface area contributed by atoms with Gasteiger partial charge in [0.2, 0.25) is 0 Å². The lowest BCUT2D eigenvalue weighted by Crippen LogP contribution is -2.26. The van der Waals surface area contributed by atoms with Gasteiger partial charge in [0.05, 0.1) is 12.4 Å². The molecular weight excluding hydrogens is 180 g/mol.